The molecule has 2 aromatic carbocycles. The van der Waals surface area contributed by atoms with E-state index >= 15 is 0 Å². The highest BCUT2D eigenvalue weighted by Gasteiger charge is 2.27. The Balaban J connectivity index is 1.38. The highest BCUT2D eigenvalue weighted by atomic mass is 32.2. The summed E-state index contributed by atoms with van der Waals surface area (Å²) in [5.74, 6) is -2.36. The molecule has 35 heavy (non-hydrogen) atoms. The van der Waals surface area contributed by atoms with Crippen LogP contribution in [-0.4, -0.2) is 46.8 Å². The normalized spacial score (nSPS) is 19.5. The molecule has 9 nitrogen and oxygen atoms in total. The monoisotopic (exact) mass is 499 g/mol. The smallest absolute Gasteiger partial charge is 0.326 e. The average Bonchev–Trinajstić information content (AvgIpc) is 3.46. The van der Waals surface area contributed by atoms with E-state index in [0.717, 1.165) is 24.7 Å². The lowest BCUT2D eigenvalue weighted by Gasteiger charge is -2.18. The lowest BCUT2D eigenvalue weighted by atomic mass is 10.1. The maximum Gasteiger partial charge on any atom is 0.326 e. The third kappa shape index (κ3) is 6.25. The Labute approximate surface area is 204 Å². The molecule has 2 heterocycles. The van der Waals surface area contributed by atoms with E-state index in [1.54, 1.807) is 30.3 Å². The first kappa shape index (κ1) is 24.4. The van der Waals surface area contributed by atoms with Crippen LogP contribution in [0.3, 0.4) is 0 Å². The van der Waals surface area contributed by atoms with Crippen molar-refractivity contribution in [1.29, 1.82) is 0 Å². The molecule has 4 rings (SSSR count). The van der Waals surface area contributed by atoms with Crippen molar-refractivity contribution >= 4 is 40.9 Å². The molecule has 3 amide bonds. The van der Waals surface area contributed by atoms with Gasteiger partial charge < -0.3 is 20.5 Å². The summed E-state index contributed by atoms with van der Waals surface area (Å²) >= 11 is 0.742. The Morgan fingerprint density at radius 2 is 2.00 bits per heavy atom. The van der Waals surface area contributed by atoms with Crippen LogP contribution in [0.15, 0.2) is 47.4 Å². The van der Waals surface area contributed by atoms with E-state index in [-0.39, 0.29) is 29.0 Å². The number of carbonyl (C=O) groups excluding carboxylic acids is 3. The van der Waals surface area contributed by atoms with Crippen LogP contribution in [0.4, 0.5) is 9.18 Å². The Kier molecular flexibility index (Phi) is 7.47. The quantitative estimate of drug-likeness (QED) is 0.408. The van der Waals surface area contributed by atoms with Gasteiger partial charge in [-0.3, -0.25) is 19.7 Å². The van der Waals surface area contributed by atoms with E-state index in [1.165, 1.54) is 18.2 Å². The van der Waals surface area contributed by atoms with Crippen LogP contribution < -0.4 is 20.7 Å². The van der Waals surface area contributed by atoms with Crippen LogP contribution in [0, 0.1) is 5.82 Å². The molecule has 0 aromatic heterocycles. The number of halogens is 1. The number of carboxylic acids is 1. The summed E-state index contributed by atoms with van der Waals surface area (Å²) in [6, 6.07) is 9.14. The molecular formula is C24H22FN3O6S. The van der Waals surface area contributed by atoms with E-state index in [0.29, 0.717) is 23.3 Å². The minimum Gasteiger partial charge on any atom is -0.480 e. The van der Waals surface area contributed by atoms with E-state index < -0.39 is 29.0 Å². The number of ether oxygens (including phenoxy) is 1. The minimum atomic E-state index is -1.13. The summed E-state index contributed by atoms with van der Waals surface area (Å²) < 4.78 is 20.1. The number of hydrogen-bond acceptors (Lipinski definition) is 7. The van der Waals surface area contributed by atoms with Gasteiger partial charge in [-0.25, -0.2) is 9.18 Å². The Morgan fingerprint density at radius 1 is 1.23 bits per heavy atom. The fraction of sp³-hybridized carbons (Fsp3) is 0.250. The number of carboxylic acid groups (broad SMARTS) is 1. The second kappa shape index (κ2) is 10.7. The molecule has 4 N–H and O–H groups in total. The molecule has 0 radical (unpaired) electrons. The molecule has 2 aromatic rings. The van der Waals surface area contributed by atoms with Crippen molar-refractivity contribution in [2.45, 2.75) is 31.3 Å². The van der Waals surface area contributed by atoms with Crippen molar-refractivity contribution in [1.82, 2.24) is 16.0 Å². The summed E-state index contributed by atoms with van der Waals surface area (Å²) in [5, 5.41) is 16.8. The molecule has 182 valence electrons. The predicted molar refractivity (Wildman–Crippen MR) is 126 cm³/mol. The Bertz CT molecular complexity index is 1190. The summed E-state index contributed by atoms with van der Waals surface area (Å²) in [7, 11) is 0. The molecule has 0 saturated carbocycles. The van der Waals surface area contributed by atoms with Gasteiger partial charge in [-0.1, -0.05) is 18.2 Å². The second-order valence-electron chi connectivity index (χ2n) is 8.04. The van der Waals surface area contributed by atoms with Crippen LogP contribution in [0.25, 0.3) is 6.08 Å². The van der Waals surface area contributed by atoms with Gasteiger partial charge in [0.15, 0.2) is 11.6 Å². The third-order valence-electron chi connectivity index (χ3n) is 5.48. The number of nitrogens with one attached hydrogen (secondary N) is 3. The number of thioether (sulfide) groups is 1. The number of amides is 3. The summed E-state index contributed by atoms with van der Waals surface area (Å²) in [4.78, 5) is 46.9. The predicted octanol–water partition coefficient (Wildman–Crippen LogP) is 2.81. The summed E-state index contributed by atoms with van der Waals surface area (Å²) in [6.45, 7) is 0.732. The van der Waals surface area contributed by atoms with Gasteiger partial charge in [0.25, 0.3) is 11.1 Å². The third-order valence-corrected chi connectivity index (χ3v) is 6.29. The molecule has 2 unspecified atom stereocenters. The Morgan fingerprint density at radius 3 is 2.60 bits per heavy atom. The van der Waals surface area contributed by atoms with Gasteiger partial charge in [-0.2, -0.15) is 0 Å². The molecule has 2 aliphatic heterocycles. The first-order valence-corrected chi connectivity index (χ1v) is 11.7. The van der Waals surface area contributed by atoms with Gasteiger partial charge in [0.05, 0.1) is 10.9 Å². The lowest BCUT2D eigenvalue weighted by molar-refractivity contribution is -0.142. The molecule has 2 fully saturated rings. The van der Waals surface area contributed by atoms with Crippen molar-refractivity contribution in [3.05, 3.63) is 64.3 Å². The van der Waals surface area contributed by atoms with Crippen LogP contribution in [0.2, 0.25) is 0 Å². The van der Waals surface area contributed by atoms with E-state index in [1.807, 2.05) is 0 Å². The number of imide groups is 1. The molecular weight excluding hydrogens is 477 g/mol. The second-order valence-corrected chi connectivity index (χ2v) is 9.06. The van der Waals surface area contributed by atoms with Gasteiger partial charge >= 0.3 is 5.97 Å². The highest BCUT2D eigenvalue weighted by Crippen LogP contribution is 2.29. The van der Waals surface area contributed by atoms with Crippen molar-refractivity contribution in [3.63, 3.8) is 0 Å². The largest absolute Gasteiger partial charge is 0.480 e. The van der Waals surface area contributed by atoms with E-state index in [9.17, 15) is 28.7 Å². The first-order valence-electron chi connectivity index (χ1n) is 10.9. The molecule has 2 aliphatic rings. The van der Waals surface area contributed by atoms with Crippen molar-refractivity contribution in [2.75, 3.05) is 6.54 Å². The summed E-state index contributed by atoms with van der Waals surface area (Å²) in [5.41, 5.74) is 1.06. The van der Waals surface area contributed by atoms with Gasteiger partial charge in [-0.15, -0.1) is 0 Å². The zero-order valence-electron chi connectivity index (χ0n) is 18.4. The fourth-order valence-corrected chi connectivity index (χ4v) is 4.38. The highest BCUT2D eigenvalue weighted by molar-refractivity contribution is 8.18. The number of carbonyl (C=O) groups is 4. The average molecular weight is 500 g/mol. The molecule has 0 bridgehead atoms. The number of hydrogen-bond donors (Lipinski definition) is 4. The maximum atomic E-state index is 14.5. The number of aliphatic carboxylic acids is 1. The lowest BCUT2D eigenvalue weighted by Crippen LogP contribution is -2.49. The SMILES string of the molecule is O=C1NC(=O)C(=Cc2ccc(Oc3ccc(CC(NC(=O)C4CCCN4)C(=O)O)cc3)c(F)c2)S1. The van der Waals surface area contributed by atoms with Crippen LogP contribution in [0.5, 0.6) is 11.5 Å². The first-order chi connectivity index (χ1) is 16.8. The Hall–Kier alpha value is -3.70. The molecule has 0 spiro atoms. The maximum absolute atomic E-state index is 14.5. The fourth-order valence-electron chi connectivity index (χ4n) is 3.70. The molecule has 11 heteroatoms. The van der Waals surface area contributed by atoms with E-state index in [2.05, 4.69) is 16.0 Å². The molecule has 2 saturated heterocycles. The van der Waals surface area contributed by atoms with Crippen LogP contribution >= 0.6 is 11.8 Å². The zero-order chi connectivity index (χ0) is 24.9. The zero-order valence-corrected chi connectivity index (χ0v) is 19.2. The molecule has 0 aliphatic carbocycles. The van der Waals surface area contributed by atoms with Gasteiger partial charge in [0.2, 0.25) is 5.91 Å². The topological polar surface area (TPSA) is 134 Å². The summed E-state index contributed by atoms with van der Waals surface area (Å²) in [6.07, 6.45) is 3.04. The van der Waals surface area contributed by atoms with Crippen LogP contribution in [-0.2, 0) is 20.8 Å². The number of benzene rings is 2. The number of rotatable bonds is 8. The van der Waals surface area contributed by atoms with E-state index in [4.69, 9.17) is 4.74 Å². The van der Waals surface area contributed by atoms with Gasteiger partial charge in [0, 0.05) is 6.42 Å². The van der Waals surface area contributed by atoms with Crippen molar-refractivity contribution in [3.8, 4) is 11.5 Å². The van der Waals surface area contributed by atoms with Crippen molar-refractivity contribution in [2.24, 2.45) is 0 Å². The standard InChI is InChI=1S/C24H22FN3O6S/c25-16-10-14(12-20-22(30)28-24(33)35-20)5-8-19(16)34-15-6-3-13(4-7-15)11-18(23(31)32)27-21(29)17-2-1-9-26-17/h3-8,10,12,17-18,26H,1-2,9,11H2,(H,27,29)(H,31,32)(H,28,30,33). The van der Waals surface area contributed by atoms with Gasteiger partial charge in [0.1, 0.15) is 11.8 Å². The van der Waals surface area contributed by atoms with Crippen LogP contribution in [0.1, 0.15) is 24.0 Å². The van der Waals surface area contributed by atoms with Crippen molar-refractivity contribution < 1.29 is 33.4 Å². The molecule has 2 atom stereocenters. The minimum absolute atomic E-state index is 0.0424. The van der Waals surface area contributed by atoms with Gasteiger partial charge in [-0.05, 0) is 72.6 Å².